The minimum atomic E-state index is -0.747. The van der Waals surface area contributed by atoms with Crippen LogP contribution < -0.4 is 10.1 Å². The maximum Gasteiger partial charge on any atom is 0.296 e. The molecule has 0 aromatic heterocycles. The third-order valence-electron chi connectivity index (χ3n) is 5.67. The van der Waals surface area contributed by atoms with Gasteiger partial charge in [-0.2, -0.15) is 0 Å². The lowest BCUT2D eigenvalue weighted by Crippen LogP contribution is -2.40. The molecule has 2 amide bonds. The maximum atomic E-state index is 13.4. The number of carbonyl (C=O) groups excluding carboxylic acids is 2. The number of nitrogens with zero attached hydrogens (tertiary/aromatic N) is 3. The van der Waals surface area contributed by atoms with Crippen molar-refractivity contribution in [2.24, 2.45) is 10.9 Å². The summed E-state index contributed by atoms with van der Waals surface area (Å²) in [4.78, 5) is 43.1. The second-order valence-electron chi connectivity index (χ2n) is 8.90. The van der Waals surface area contributed by atoms with Crippen LogP contribution in [0.15, 0.2) is 47.5 Å². The molecule has 11 heteroatoms. The number of hydrogen-bond acceptors (Lipinski definition) is 7. The van der Waals surface area contributed by atoms with E-state index < -0.39 is 21.9 Å². The van der Waals surface area contributed by atoms with Gasteiger partial charge in [-0.05, 0) is 62.1 Å². The largest absolute Gasteiger partial charge is 0.496 e. The summed E-state index contributed by atoms with van der Waals surface area (Å²) in [5.41, 5.74) is 0.200. The molecular weight excluding hydrogens is 487 g/mol. The van der Waals surface area contributed by atoms with Crippen molar-refractivity contribution in [3.63, 3.8) is 0 Å². The summed E-state index contributed by atoms with van der Waals surface area (Å²) in [6.07, 6.45) is 1.47. The van der Waals surface area contributed by atoms with Gasteiger partial charge in [0, 0.05) is 12.5 Å². The van der Waals surface area contributed by atoms with Crippen molar-refractivity contribution in [2.75, 3.05) is 12.4 Å². The lowest BCUT2D eigenvalue weighted by atomic mass is 10.0. The van der Waals surface area contributed by atoms with Crippen molar-refractivity contribution in [1.82, 2.24) is 4.90 Å². The predicted molar refractivity (Wildman–Crippen MR) is 138 cm³/mol. The van der Waals surface area contributed by atoms with Crippen LogP contribution in [0.4, 0.5) is 21.5 Å². The molecule has 0 unspecified atom stereocenters. The van der Waals surface area contributed by atoms with Crippen molar-refractivity contribution in [2.45, 2.75) is 51.3 Å². The number of carbonyl (C=O) groups is 2. The second-order valence-corrected chi connectivity index (χ2v) is 10.1. The molecule has 1 N–H and O–H groups in total. The van der Waals surface area contributed by atoms with Gasteiger partial charge < -0.3 is 10.1 Å². The van der Waals surface area contributed by atoms with Gasteiger partial charge in [-0.3, -0.25) is 24.6 Å². The van der Waals surface area contributed by atoms with Crippen LogP contribution in [-0.4, -0.2) is 45.2 Å². The normalized spacial score (nSPS) is 17.5. The number of methoxy groups -OCH3 is 1. The van der Waals surface area contributed by atoms with Gasteiger partial charge in [-0.25, -0.2) is 9.38 Å². The molecule has 192 valence electrons. The van der Waals surface area contributed by atoms with E-state index in [1.807, 2.05) is 6.92 Å². The zero-order chi connectivity index (χ0) is 26.4. The van der Waals surface area contributed by atoms with Crippen LogP contribution in [0.5, 0.6) is 5.75 Å². The average Bonchev–Trinajstić information content (AvgIpc) is 3.13. The molecule has 1 aliphatic heterocycles. The van der Waals surface area contributed by atoms with Gasteiger partial charge in [0.2, 0.25) is 11.8 Å². The van der Waals surface area contributed by atoms with E-state index >= 15 is 0 Å². The van der Waals surface area contributed by atoms with E-state index in [1.165, 1.54) is 49.6 Å². The molecule has 2 atom stereocenters. The predicted octanol–water partition coefficient (Wildman–Crippen LogP) is 5.53. The van der Waals surface area contributed by atoms with E-state index in [9.17, 15) is 24.1 Å². The van der Waals surface area contributed by atoms with Crippen LogP contribution >= 0.6 is 11.8 Å². The molecule has 0 saturated carbocycles. The van der Waals surface area contributed by atoms with Gasteiger partial charge in [0.05, 0.1) is 23.8 Å². The summed E-state index contributed by atoms with van der Waals surface area (Å²) in [7, 11) is 1.39. The van der Waals surface area contributed by atoms with Gasteiger partial charge in [0.1, 0.15) is 22.5 Å². The van der Waals surface area contributed by atoms with Gasteiger partial charge in [0.25, 0.3) is 5.69 Å². The number of hydrogen-bond donors (Lipinski definition) is 1. The zero-order valence-corrected chi connectivity index (χ0v) is 21.4. The number of amides is 2. The molecule has 2 aromatic carbocycles. The molecule has 1 fully saturated rings. The van der Waals surface area contributed by atoms with Crippen LogP contribution in [0, 0.1) is 21.8 Å². The number of thioether (sulfide) groups is 1. The summed E-state index contributed by atoms with van der Waals surface area (Å²) in [6.45, 7) is 6.14. The van der Waals surface area contributed by atoms with Crippen molar-refractivity contribution in [1.29, 1.82) is 0 Å². The SMILES string of the molecule is COc1ccc(NC(=O)C[C@H]2SC(=Nc3ccc(F)cc3)N([C@H](C)CCC(C)C)C2=O)c([N+](=O)[O-])c1. The lowest BCUT2D eigenvalue weighted by Gasteiger charge is -2.25. The van der Waals surface area contributed by atoms with Crippen LogP contribution in [0.25, 0.3) is 0 Å². The van der Waals surface area contributed by atoms with E-state index in [0.29, 0.717) is 16.8 Å². The molecule has 0 bridgehead atoms. The molecule has 1 saturated heterocycles. The summed E-state index contributed by atoms with van der Waals surface area (Å²) < 4.78 is 18.4. The van der Waals surface area contributed by atoms with E-state index in [1.54, 1.807) is 4.90 Å². The standard InChI is InChI=1S/C25H29FN4O5S/c1-15(2)5-6-16(3)29-24(32)22(36-25(29)27-18-9-7-17(26)8-10-18)14-23(31)28-20-12-11-19(35-4)13-21(20)30(33)34/h7-13,15-16,22H,5-6,14H2,1-4H3,(H,28,31)/t16-,22-/m1/s1. The van der Waals surface area contributed by atoms with Crippen molar-refractivity contribution < 1.29 is 23.6 Å². The molecule has 36 heavy (non-hydrogen) atoms. The van der Waals surface area contributed by atoms with Gasteiger partial charge in [-0.15, -0.1) is 0 Å². The number of halogens is 1. The van der Waals surface area contributed by atoms with Crippen molar-refractivity contribution >= 4 is 45.8 Å². The fourth-order valence-electron chi connectivity index (χ4n) is 3.69. The molecule has 9 nitrogen and oxygen atoms in total. The van der Waals surface area contributed by atoms with E-state index in [2.05, 4.69) is 24.2 Å². The zero-order valence-electron chi connectivity index (χ0n) is 20.6. The Morgan fingerprint density at radius 1 is 1.22 bits per heavy atom. The molecule has 0 spiro atoms. The maximum absolute atomic E-state index is 13.4. The highest BCUT2D eigenvalue weighted by molar-refractivity contribution is 8.15. The molecule has 0 radical (unpaired) electrons. The van der Waals surface area contributed by atoms with Gasteiger partial charge in [-0.1, -0.05) is 25.6 Å². The Morgan fingerprint density at radius 2 is 1.92 bits per heavy atom. The molecule has 0 aliphatic carbocycles. The molecule has 3 rings (SSSR count). The minimum Gasteiger partial charge on any atom is -0.496 e. The number of anilines is 1. The third kappa shape index (κ3) is 6.81. The Bertz CT molecular complexity index is 1160. The molecule has 1 aliphatic rings. The van der Waals surface area contributed by atoms with Crippen LogP contribution in [0.1, 0.15) is 40.0 Å². The quantitative estimate of drug-likeness (QED) is 0.328. The second kappa shape index (κ2) is 12.0. The monoisotopic (exact) mass is 516 g/mol. The summed E-state index contributed by atoms with van der Waals surface area (Å²) in [6, 6.07) is 9.59. The first kappa shape index (κ1) is 27.1. The van der Waals surface area contributed by atoms with Crippen molar-refractivity contribution in [3.05, 3.63) is 58.4 Å². The molecule has 1 heterocycles. The highest BCUT2D eigenvalue weighted by Crippen LogP contribution is 2.35. The smallest absolute Gasteiger partial charge is 0.296 e. The minimum absolute atomic E-state index is 0.0172. The van der Waals surface area contributed by atoms with E-state index in [-0.39, 0.29) is 35.5 Å². The number of ether oxygens (including phenoxy) is 1. The fraction of sp³-hybridized carbons (Fsp3) is 0.400. The molecular formula is C25H29FN4O5S. The number of benzene rings is 2. The van der Waals surface area contributed by atoms with Crippen LogP contribution in [-0.2, 0) is 9.59 Å². The molecule has 2 aromatic rings. The lowest BCUT2D eigenvalue weighted by molar-refractivity contribution is -0.384. The number of aliphatic imine (C=N–C) groups is 1. The first-order valence-corrected chi connectivity index (χ1v) is 12.4. The Balaban J connectivity index is 1.81. The number of nitrogens with one attached hydrogen (secondary N) is 1. The highest BCUT2D eigenvalue weighted by atomic mass is 32.2. The first-order valence-electron chi connectivity index (χ1n) is 11.5. The summed E-state index contributed by atoms with van der Waals surface area (Å²) in [5, 5.41) is 13.7. The number of amidine groups is 1. The van der Waals surface area contributed by atoms with Gasteiger partial charge >= 0.3 is 0 Å². The van der Waals surface area contributed by atoms with Gasteiger partial charge in [0.15, 0.2) is 5.17 Å². The Hall–Kier alpha value is -3.47. The summed E-state index contributed by atoms with van der Waals surface area (Å²) >= 11 is 1.16. The first-order chi connectivity index (χ1) is 17.1. The fourth-order valence-corrected chi connectivity index (χ4v) is 4.94. The van der Waals surface area contributed by atoms with E-state index in [4.69, 9.17) is 4.74 Å². The average molecular weight is 517 g/mol. The van der Waals surface area contributed by atoms with E-state index in [0.717, 1.165) is 24.6 Å². The topological polar surface area (TPSA) is 114 Å². The third-order valence-corrected chi connectivity index (χ3v) is 6.82. The van der Waals surface area contributed by atoms with Crippen LogP contribution in [0.3, 0.4) is 0 Å². The summed E-state index contributed by atoms with van der Waals surface area (Å²) in [5.74, 6) is -0.437. The van der Waals surface area contributed by atoms with Crippen LogP contribution in [0.2, 0.25) is 0 Å². The Kier molecular flexibility index (Phi) is 9.03. The number of nitro groups is 1. The highest BCUT2D eigenvalue weighted by Gasteiger charge is 2.41. The van der Waals surface area contributed by atoms with Crippen molar-refractivity contribution in [3.8, 4) is 5.75 Å². The Labute approximate surface area is 213 Å². The Morgan fingerprint density at radius 3 is 2.53 bits per heavy atom. The number of rotatable bonds is 10. The number of nitro benzene ring substituents is 1.